The van der Waals surface area contributed by atoms with Crippen LogP contribution >= 0.6 is 23.1 Å². The molecule has 8 nitrogen and oxygen atoms in total. The van der Waals surface area contributed by atoms with Crippen molar-refractivity contribution in [1.29, 1.82) is 0 Å². The Morgan fingerprint density at radius 1 is 1.17 bits per heavy atom. The zero-order chi connectivity index (χ0) is 20.0. The van der Waals surface area contributed by atoms with Gasteiger partial charge in [0.15, 0.2) is 17.7 Å². The summed E-state index contributed by atoms with van der Waals surface area (Å²) in [7, 11) is 0. The quantitative estimate of drug-likeness (QED) is 0.442. The minimum atomic E-state index is -1.09. The molecule has 0 amide bonds. The van der Waals surface area contributed by atoms with Crippen molar-refractivity contribution < 1.29 is 14.9 Å². The first-order valence-corrected chi connectivity index (χ1v) is 11.1. The number of aliphatic hydroxyl groups excluding tert-OH is 2. The first-order valence-electron chi connectivity index (χ1n) is 9.11. The number of fused-ring (bicyclic) bond motifs is 2. The SMILES string of the molecule is Nc1ncnc2c1ncn2[C@@H]1O[C@H](CSCc2csc3ccccc23)[C@@H](O)[C@H]1O. The Hall–Kier alpha value is -2.24. The number of hydrogen-bond acceptors (Lipinski definition) is 9. The molecule has 4 atom stereocenters. The van der Waals surface area contributed by atoms with E-state index >= 15 is 0 Å². The van der Waals surface area contributed by atoms with Gasteiger partial charge in [-0.2, -0.15) is 11.8 Å². The lowest BCUT2D eigenvalue weighted by molar-refractivity contribution is -0.0289. The molecule has 0 unspecified atom stereocenters. The lowest BCUT2D eigenvalue weighted by Gasteiger charge is -2.16. The van der Waals surface area contributed by atoms with E-state index < -0.39 is 24.5 Å². The highest BCUT2D eigenvalue weighted by atomic mass is 32.2. The van der Waals surface area contributed by atoms with Crippen LogP contribution < -0.4 is 5.73 Å². The monoisotopic (exact) mass is 429 g/mol. The summed E-state index contributed by atoms with van der Waals surface area (Å²) in [5.74, 6) is 1.63. The Morgan fingerprint density at radius 2 is 2.03 bits per heavy atom. The third-order valence-corrected chi connectivity index (χ3v) is 7.19. The molecule has 5 rings (SSSR count). The van der Waals surface area contributed by atoms with Crippen LogP contribution in [0.15, 0.2) is 42.3 Å². The van der Waals surface area contributed by atoms with Crippen LogP contribution in [0.25, 0.3) is 21.3 Å². The molecular formula is C19H19N5O3S2. The molecular weight excluding hydrogens is 410 g/mol. The van der Waals surface area contributed by atoms with Crippen molar-refractivity contribution in [1.82, 2.24) is 19.5 Å². The number of anilines is 1. The van der Waals surface area contributed by atoms with E-state index in [1.807, 2.05) is 12.1 Å². The van der Waals surface area contributed by atoms with Crippen molar-refractivity contribution in [3.05, 3.63) is 47.9 Å². The largest absolute Gasteiger partial charge is 0.387 e. The van der Waals surface area contributed by atoms with Gasteiger partial charge in [0, 0.05) is 16.2 Å². The highest BCUT2D eigenvalue weighted by Gasteiger charge is 2.44. The molecule has 1 fully saturated rings. The zero-order valence-electron chi connectivity index (χ0n) is 15.3. The summed E-state index contributed by atoms with van der Waals surface area (Å²) < 4.78 is 8.85. The van der Waals surface area contributed by atoms with E-state index in [1.165, 1.54) is 28.3 Å². The van der Waals surface area contributed by atoms with Crippen LogP contribution in [0.1, 0.15) is 11.8 Å². The van der Waals surface area contributed by atoms with Gasteiger partial charge in [0.25, 0.3) is 0 Å². The second-order valence-electron chi connectivity index (χ2n) is 6.90. The highest BCUT2D eigenvalue weighted by molar-refractivity contribution is 7.98. The average Bonchev–Trinajstić information content (AvgIpc) is 3.41. The number of rotatable bonds is 5. The van der Waals surface area contributed by atoms with Gasteiger partial charge in [-0.05, 0) is 22.4 Å². The summed E-state index contributed by atoms with van der Waals surface area (Å²) in [5, 5.41) is 24.5. The molecule has 0 aliphatic carbocycles. The van der Waals surface area contributed by atoms with Crippen molar-refractivity contribution >= 4 is 50.2 Å². The predicted octanol–water partition coefficient (Wildman–Crippen LogP) is 2.18. The van der Waals surface area contributed by atoms with Gasteiger partial charge in [-0.15, -0.1) is 11.3 Å². The minimum absolute atomic E-state index is 0.261. The molecule has 0 bridgehead atoms. The van der Waals surface area contributed by atoms with Gasteiger partial charge >= 0.3 is 0 Å². The topological polar surface area (TPSA) is 119 Å². The van der Waals surface area contributed by atoms with Gasteiger partial charge in [-0.3, -0.25) is 4.57 Å². The zero-order valence-corrected chi connectivity index (χ0v) is 16.9. The van der Waals surface area contributed by atoms with Crippen LogP contribution in [0.2, 0.25) is 0 Å². The predicted molar refractivity (Wildman–Crippen MR) is 114 cm³/mol. The van der Waals surface area contributed by atoms with Crippen LogP contribution in [0.4, 0.5) is 5.82 Å². The van der Waals surface area contributed by atoms with Crippen LogP contribution in [-0.2, 0) is 10.5 Å². The van der Waals surface area contributed by atoms with Gasteiger partial charge in [-0.1, -0.05) is 18.2 Å². The first kappa shape index (κ1) is 18.8. The first-order chi connectivity index (χ1) is 14.1. The van der Waals surface area contributed by atoms with E-state index in [2.05, 4.69) is 32.5 Å². The number of aromatic nitrogens is 4. The molecule has 29 heavy (non-hydrogen) atoms. The number of thioether (sulfide) groups is 1. The van der Waals surface area contributed by atoms with Gasteiger partial charge < -0.3 is 20.7 Å². The maximum absolute atomic E-state index is 10.5. The van der Waals surface area contributed by atoms with Crippen molar-refractivity contribution in [2.45, 2.75) is 30.3 Å². The van der Waals surface area contributed by atoms with E-state index in [0.29, 0.717) is 16.9 Å². The van der Waals surface area contributed by atoms with Gasteiger partial charge in [0.1, 0.15) is 24.1 Å². The molecule has 10 heteroatoms. The number of nitrogens with two attached hydrogens (primary N) is 1. The number of nitrogens with zero attached hydrogens (tertiary/aromatic N) is 4. The van der Waals surface area contributed by atoms with Gasteiger partial charge in [-0.25, -0.2) is 15.0 Å². The van der Waals surface area contributed by atoms with Gasteiger partial charge in [0.2, 0.25) is 0 Å². The summed E-state index contributed by atoms with van der Waals surface area (Å²) >= 11 is 3.41. The van der Waals surface area contributed by atoms with Crippen molar-refractivity contribution in [3.8, 4) is 0 Å². The third-order valence-electron chi connectivity index (χ3n) is 5.10. The van der Waals surface area contributed by atoms with E-state index in [-0.39, 0.29) is 5.82 Å². The second kappa shape index (κ2) is 7.54. The number of aliphatic hydroxyl groups is 2. The fourth-order valence-electron chi connectivity index (χ4n) is 3.58. The maximum Gasteiger partial charge on any atom is 0.167 e. The molecule has 0 saturated carbocycles. The lowest BCUT2D eigenvalue weighted by atomic mass is 10.1. The highest BCUT2D eigenvalue weighted by Crippen LogP contribution is 2.35. The number of benzene rings is 1. The molecule has 1 aromatic carbocycles. The molecule has 4 heterocycles. The van der Waals surface area contributed by atoms with E-state index in [9.17, 15) is 10.2 Å². The standard InChI is InChI=1S/C19H19N5O3S2/c20-17-14-18(22-8-21-17)24(9-23-14)19-16(26)15(25)12(27-19)7-28-5-10-6-29-13-4-2-1-3-11(10)13/h1-4,6,8-9,12,15-16,19,25-26H,5,7H2,(H2,20,21,22)/t12-,15-,16-,19-/m1/s1. The van der Waals surface area contributed by atoms with Crippen molar-refractivity contribution in [2.24, 2.45) is 0 Å². The molecule has 1 saturated heterocycles. The molecule has 4 N–H and O–H groups in total. The number of hydrogen-bond donors (Lipinski definition) is 3. The van der Waals surface area contributed by atoms with Crippen LogP contribution in [0, 0.1) is 0 Å². The Morgan fingerprint density at radius 3 is 2.93 bits per heavy atom. The average molecular weight is 430 g/mol. The minimum Gasteiger partial charge on any atom is -0.387 e. The Labute approximate surface area is 174 Å². The third kappa shape index (κ3) is 3.26. The van der Waals surface area contributed by atoms with Crippen molar-refractivity contribution in [2.75, 3.05) is 11.5 Å². The molecule has 3 aromatic heterocycles. The molecule has 1 aliphatic heterocycles. The summed E-state index contributed by atoms with van der Waals surface area (Å²) in [5.41, 5.74) is 8.01. The number of imidazole rings is 1. The Balaban J connectivity index is 1.29. The molecule has 1 aliphatic rings. The fourth-order valence-corrected chi connectivity index (χ4v) is 5.74. The molecule has 0 radical (unpaired) electrons. The summed E-state index contributed by atoms with van der Waals surface area (Å²) in [6, 6.07) is 8.32. The summed E-state index contributed by atoms with van der Waals surface area (Å²) in [6.45, 7) is 0. The van der Waals surface area contributed by atoms with Crippen LogP contribution in [0.5, 0.6) is 0 Å². The summed E-state index contributed by atoms with van der Waals surface area (Å²) in [6.07, 6.45) is -0.520. The van der Waals surface area contributed by atoms with Crippen LogP contribution in [-0.4, -0.2) is 53.8 Å². The Bertz CT molecular complexity index is 1160. The van der Waals surface area contributed by atoms with E-state index in [0.717, 1.165) is 5.75 Å². The van der Waals surface area contributed by atoms with Crippen molar-refractivity contribution in [3.63, 3.8) is 0 Å². The van der Waals surface area contributed by atoms with Gasteiger partial charge in [0.05, 0.1) is 12.4 Å². The maximum atomic E-state index is 10.5. The lowest BCUT2D eigenvalue weighted by Crippen LogP contribution is -2.32. The fraction of sp³-hybridized carbons (Fsp3) is 0.316. The van der Waals surface area contributed by atoms with E-state index in [1.54, 1.807) is 27.7 Å². The Kier molecular flexibility index (Phi) is 4.88. The number of nitrogen functional groups attached to an aromatic ring is 1. The molecule has 150 valence electrons. The smallest absolute Gasteiger partial charge is 0.167 e. The normalized spacial score (nSPS) is 24.6. The molecule has 0 spiro atoms. The van der Waals surface area contributed by atoms with E-state index in [4.69, 9.17) is 10.5 Å². The number of ether oxygens (including phenoxy) is 1. The second-order valence-corrected chi connectivity index (χ2v) is 8.84. The molecule has 4 aromatic rings. The summed E-state index contributed by atoms with van der Waals surface area (Å²) in [4.78, 5) is 12.3. The number of thiophene rings is 1. The van der Waals surface area contributed by atoms with Crippen LogP contribution in [0.3, 0.4) is 0 Å².